The first-order valence-electron chi connectivity index (χ1n) is 8.25. The summed E-state index contributed by atoms with van der Waals surface area (Å²) in [6, 6.07) is 12.1. The van der Waals surface area contributed by atoms with E-state index in [1.54, 1.807) is 12.3 Å². The van der Waals surface area contributed by atoms with Gasteiger partial charge in [0.05, 0.1) is 16.2 Å². The molecular weight excluding hydrogens is 422 g/mol. The summed E-state index contributed by atoms with van der Waals surface area (Å²) in [4.78, 5) is 16.0. The molecular formula is C18H14ClN3O4S2. The highest BCUT2D eigenvalue weighted by Gasteiger charge is 2.23. The van der Waals surface area contributed by atoms with Crippen molar-refractivity contribution in [3.63, 3.8) is 0 Å². The summed E-state index contributed by atoms with van der Waals surface area (Å²) in [6.45, 7) is 2.16. The summed E-state index contributed by atoms with van der Waals surface area (Å²) in [5.41, 5.74) is 2.14. The van der Waals surface area contributed by atoms with Crippen LogP contribution in [0, 0.1) is 0 Å². The zero-order valence-corrected chi connectivity index (χ0v) is 16.9. The van der Waals surface area contributed by atoms with Crippen molar-refractivity contribution in [2.75, 3.05) is 4.72 Å². The summed E-state index contributed by atoms with van der Waals surface area (Å²) < 4.78 is 34.6. The summed E-state index contributed by atoms with van der Waals surface area (Å²) in [5.74, 6) is -0.566. The van der Waals surface area contributed by atoms with E-state index in [0.29, 0.717) is 17.8 Å². The van der Waals surface area contributed by atoms with E-state index in [4.69, 9.17) is 16.0 Å². The van der Waals surface area contributed by atoms with E-state index in [1.807, 2.05) is 30.3 Å². The molecule has 144 valence electrons. The smallest absolute Gasteiger partial charge is 0.408 e. The molecule has 0 aliphatic rings. The molecule has 2 heterocycles. The van der Waals surface area contributed by atoms with Gasteiger partial charge in [-0.05, 0) is 13.0 Å². The molecule has 2 aromatic carbocycles. The minimum absolute atomic E-state index is 0.0113. The van der Waals surface area contributed by atoms with Crippen molar-refractivity contribution in [2.45, 2.75) is 18.4 Å². The third-order valence-electron chi connectivity index (χ3n) is 4.12. The van der Waals surface area contributed by atoms with Gasteiger partial charge < -0.3 is 4.42 Å². The molecule has 7 nitrogen and oxygen atoms in total. The van der Waals surface area contributed by atoms with Crippen LogP contribution in [0.2, 0.25) is 5.02 Å². The molecule has 0 spiro atoms. The van der Waals surface area contributed by atoms with Crippen molar-refractivity contribution in [1.82, 2.24) is 9.55 Å². The van der Waals surface area contributed by atoms with Gasteiger partial charge in [-0.3, -0.25) is 9.29 Å². The van der Waals surface area contributed by atoms with Gasteiger partial charge in [-0.1, -0.05) is 41.9 Å². The maximum absolute atomic E-state index is 12.8. The van der Waals surface area contributed by atoms with Crippen LogP contribution < -0.4 is 10.5 Å². The molecule has 0 aliphatic heterocycles. The first-order valence-corrected chi connectivity index (χ1v) is 11.0. The number of thiazole rings is 1. The Hall–Kier alpha value is -2.62. The number of fused-ring (bicyclic) bond motifs is 1. The summed E-state index contributed by atoms with van der Waals surface area (Å²) in [7, 11) is -4.02. The highest BCUT2D eigenvalue weighted by Crippen LogP contribution is 2.31. The molecule has 28 heavy (non-hydrogen) atoms. The predicted octanol–water partition coefficient (Wildman–Crippen LogP) is 4.19. The fourth-order valence-corrected chi connectivity index (χ4v) is 5.31. The van der Waals surface area contributed by atoms with E-state index < -0.39 is 15.8 Å². The maximum Gasteiger partial charge on any atom is 0.419 e. The number of benzene rings is 2. The Morgan fingerprint density at radius 2 is 2.00 bits per heavy atom. The number of halogens is 1. The van der Waals surface area contributed by atoms with Crippen molar-refractivity contribution >= 4 is 49.2 Å². The Labute approximate surface area is 169 Å². The molecule has 0 saturated heterocycles. The van der Waals surface area contributed by atoms with Gasteiger partial charge in [-0.25, -0.2) is 18.2 Å². The molecule has 0 amide bonds. The van der Waals surface area contributed by atoms with Crippen molar-refractivity contribution < 1.29 is 12.8 Å². The molecule has 0 bridgehead atoms. The molecule has 2 aromatic heterocycles. The average molecular weight is 436 g/mol. The average Bonchev–Trinajstić information content (AvgIpc) is 3.24. The minimum atomic E-state index is -4.02. The quantitative estimate of drug-likeness (QED) is 0.507. The third-order valence-corrected chi connectivity index (χ3v) is 6.81. The van der Waals surface area contributed by atoms with Crippen LogP contribution in [-0.2, 0) is 16.6 Å². The lowest BCUT2D eigenvalue weighted by atomic mass is 10.2. The Bertz CT molecular complexity index is 1320. The number of nitrogens with one attached hydrogen (secondary N) is 1. The number of oxazole rings is 1. The highest BCUT2D eigenvalue weighted by molar-refractivity contribution is 7.93. The Kier molecular flexibility index (Phi) is 4.74. The van der Waals surface area contributed by atoms with E-state index in [-0.39, 0.29) is 20.6 Å². The van der Waals surface area contributed by atoms with Gasteiger partial charge in [-0.15, -0.1) is 11.3 Å². The lowest BCUT2D eigenvalue weighted by molar-refractivity contribution is 0.512. The van der Waals surface area contributed by atoms with E-state index in [9.17, 15) is 13.2 Å². The highest BCUT2D eigenvalue weighted by atomic mass is 35.5. The third kappa shape index (κ3) is 3.32. The molecule has 10 heteroatoms. The number of aryl methyl sites for hydroxylation is 1. The fraction of sp³-hybridized carbons (Fsp3) is 0.111. The molecule has 4 aromatic rings. The molecule has 4 rings (SSSR count). The number of anilines is 1. The number of hydrogen-bond donors (Lipinski definition) is 1. The van der Waals surface area contributed by atoms with Crippen LogP contribution in [0.1, 0.15) is 6.92 Å². The van der Waals surface area contributed by atoms with Gasteiger partial charge in [0.25, 0.3) is 10.0 Å². The molecule has 0 unspecified atom stereocenters. The number of hydrogen-bond acceptors (Lipinski definition) is 6. The summed E-state index contributed by atoms with van der Waals surface area (Å²) in [5, 5.41) is 1.96. The van der Waals surface area contributed by atoms with Gasteiger partial charge in [0, 0.05) is 23.6 Å². The maximum atomic E-state index is 12.8. The summed E-state index contributed by atoms with van der Waals surface area (Å²) in [6.07, 6.45) is 0. The van der Waals surface area contributed by atoms with E-state index >= 15 is 0 Å². The largest absolute Gasteiger partial charge is 0.419 e. The first-order chi connectivity index (χ1) is 13.4. The normalized spacial score (nSPS) is 11.8. The van der Waals surface area contributed by atoms with Crippen LogP contribution in [0.4, 0.5) is 5.13 Å². The van der Waals surface area contributed by atoms with Crippen LogP contribution in [0.15, 0.2) is 62.0 Å². The van der Waals surface area contributed by atoms with E-state index in [0.717, 1.165) is 16.9 Å². The topological polar surface area (TPSA) is 94.2 Å². The summed E-state index contributed by atoms with van der Waals surface area (Å²) >= 11 is 7.36. The van der Waals surface area contributed by atoms with Gasteiger partial charge in [0.15, 0.2) is 10.7 Å². The van der Waals surface area contributed by atoms with Gasteiger partial charge in [0.1, 0.15) is 4.90 Å². The van der Waals surface area contributed by atoms with Crippen LogP contribution >= 0.6 is 22.9 Å². The molecule has 0 radical (unpaired) electrons. The lowest BCUT2D eigenvalue weighted by Gasteiger charge is -2.07. The van der Waals surface area contributed by atoms with Crippen LogP contribution in [0.25, 0.3) is 22.4 Å². The zero-order valence-electron chi connectivity index (χ0n) is 14.5. The Morgan fingerprint density at radius 1 is 1.25 bits per heavy atom. The monoisotopic (exact) mass is 435 g/mol. The second-order valence-electron chi connectivity index (χ2n) is 5.87. The Morgan fingerprint density at radius 3 is 2.71 bits per heavy atom. The van der Waals surface area contributed by atoms with Crippen molar-refractivity contribution in [3.05, 3.63) is 63.4 Å². The molecule has 0 atom stereocenters. The van der Waals surface area contributed by atoms with Gasteiger partial charge in [0.2, 0.25) is 0 Å². The first kappa shape index (κ1) is 18.7. The van der Waals surface area contributed by atoms with Gasteiger partial charge >= 0.3 is 5.76 Å². The van der Waals surface area contributed by atoms with Crippen LogP contribution in [0.3, 0.4) is 0 Å². The predicted molar refractivity (Wildman–Crippen MR) is 110 cm³/mol. The van der Waals surface area contributed by atoms with Crippen molar-refractivity contribution in [2.24, 2.45) is 0 Å². The standard InChI is InChI=1S/C18H14ClN3O4S2/c1-2-22-14-8-12(19)16(9-15(14)26-18(22)23)28(24,25)21-17-20-13(10-27-17)11-6-4-3-5-7-11/h3-10H,2H2,1H3,(H,20,21). The minimum Gasteiger partial charge on any atom is -0.408 e. The number of nitrogens with zero attached hydrogens (tertiary/aromatic N) is 2. The zero-order chi connectivity index (χ0) is 19.9. The molecule has 0 fully saturated rings. The van der Waals surface area contributed by atoms with Crippen molar-refractivity contribution in [3.8, 4) is 11.3 Å². The van der Waals surface area contributed by atoms with E-state index in [2.05, 4.69) is 9.71 Å². The van der Waals surface area contributed by atoms with Crippen LogP contribution in [0.5, 0.6) is 0 Å². The second-order valence-corrected chi connectivity index (χ2v) is 8.79. The fourth-order valence-electron chi connectivity index (χ4n) is 2.80. The molecule has 0 saturated carbocycles. The second kappa shape index (κ2) is 7.08. The van der Waals surface area contributed by atoms with Crippen molar-refractivity contribution in [1.29, 1.82) is 0 Å². The number of sulfonamides is 1. The molecule has 1 N–H and O–H groups in total. The molecule has 0 aliphatic carbocycles. The van der Waals surface area contributed by atoms with Crippen LogP contribution in [-0.4, -0.2) is 18.0 Å². The number of aromatic nitrogens is 2. The van der Waals surface area contributed by atoms with Gasteiger partial charge in [-0.2, -0.15) is 0 Å². The SMILES string of the molecule is CCn1c(=O)oc2cc(S(=O)(=O)Nc3nc(-c4ccccc4)cs3)c(Cl)cc21. The Balaban J connectivity index is 1.70. The number of rotatable bonds is 5. The lowest BCUT2D eigenvalue weighted by Crippen LogP contribution is -2.14. The van der Waals surface area contributed by atoms with E-state index in [1.165, 1.54) is 16.7 Å².